The standard InChI is InChI=1S/C17H21N3O2S/c1-12-5-2-3-7-14(12)15(20-17(18)22)11-16(21)19-9-8-13-6-4-10-23-13/h2-7,10,15H,8-9,11H2,1H3,(H,19,21)(H3,18,20,22). The van der Waals surface area contributed by atoms with Gasteiger partial charge in [-0.25, -0.2) is 4.79 Å². The van der Waals surface area contributed by atoms with Gasteiger partial charge in [-0.15, -0.1) is 11.3 Å². The summed E-state index contributed by atoms with van der Waals surface area (Å²) in [5.41, 5.74) is 7.15. The maximum atomic E-state index is 12.1. The van der Waals surface area contributed by atoms with E-state index in [1.807, 2.05) is 48.7 Å². The van der Waals surface area contributed by atoms with Gasteiger partial charge in [-0.2, -0.15) is 0 Å². The van der Waals surface area contributed by atoms with E-state index < -0.39 is 12.1 Å². The molecule has 1 aromatic carbocycles. The summed E-state index contributed by atoms with van der Waals surface area (Å²) in [6, 6.07) is 10.6. The van der Waals surface area contributed by atoms with E-state index >= 15 is 0 Å². The molecule has 2 rings (SSSR count). The lowest BCUT2D eigenvalue weighted by atomic mass is 9.98. The summed E-state index contributed by atoms with van der Waals surface area (Å²) >= 11 is 1.67. The highest BCUT2D eigenvalue weighted by molar-refractivity contribution is 7.09. The van der Waals surface area contributed by atoms with Gasteiger partial charge in [-0.1, -0.05) is 30.3 Å². The minimum atomic E-state index is -0.635. The molecule has 1 aromatic heterocycles. The molecule has 0 saturated heterocycles. The lowest BCUT2D eigenvalue weighted by Gasteiger charge is -2.19. The maximum absolute atomic E-state index is 12.1. The third-order valence-electron chi connectivity index (χ3n) is 3.54. The summed E-state index contributed by atoms with van der Waals surface area (Å²) in [6.45, 7) is 2.52. The number of urea groups is 1. The molecule has 1 atom stereocenters. The molecular formula is C17H21N3O2S. The second-order valence-corrected chi connectivity index (χ2v) is 6.33. The monoisotopic (exact) mass is 331 g/mol. The van der Waals surface area contributed by atoms with Crippen LogP contribution in [0.4, 0.5) is 4.79 Å². The number of benzene rings is 1. The van der Waals surface area contributed by atoms with Crippen LogP contribution >= 0.6 is 11.3 Å². The van der Waals surface area contributed by atoms with Gasteiger partial charge in [0.1, 0.15) is 0 Å². The number of carbonyl (C=O) groups is 2. The van der Waals surface area contributed by atoms with Gasteiger partial charge in [0.15, 0.2) is 0 Å². The highest BCUT2D eigenvalue weighted by atomic mass is 32.1. The average molecular weight is 331 g/mol. The van der Waals surface area contributed by atoms with Crippen LogP contribution in [0.5, 0.6) is 0 Å². The van der Waals surface area contributed by atoms with Crippen molar-refractivity contribution >= 4 is 23.3 Å². The van der Waals surface area contributed by atoms with Crippen molar-refractivity contribution in [1.29, 1.82) is 0 Å². The van der Waals surface area contributed by atoms with Gasteiger partial charge in [0.2, 0.25) is 5.91 Å². The number of rotatable bonds is 7. The number of nitrogens with two attached hydrogens (primary N) is 1. The highest BCUT2D eigenvalue weighted by Crippen LogP contribution is 2.20. The summed E-state index contributed by atoms with van der Waals surface area (Å²) in [4.78, 5) is 24.6. The van der Waals surface area contributed by atoms with E-state index in [9.17, 15) is 9.59 Å². The topological polar surface area (TPSA) is 84.2 Å². The first kappa shape index (κ1) is 17.0. The lowest BCUT2D eigenvalue weighted by molar-refractivity contribution is -0.121. The second kappa shape index (κ2) is 8.33. The summed E-state index contributed by atoms with van der Waals surface area (Å²) in [5.74, 6) is -0.108. The van der Waals surface area contributed by atoms with Crippen molar-refractivity contribution in [3.63, 3.8) is 0 Å². The Morgan fingerprint density at radius 2 is 2.00 bits per heavy atom. The average Bonchev–Trinajstić information content (AvgIpc) is 3.00. The fourth-order valence-corrected chi connectivity index (χ4v) is 3.13. The Hall–Kier alpha value is -2.34. The Kier molecular flexibility index (Phi) is 6.17. The van der Waals surface area contributed by atoms with Crippen LogP contribution in [0.3, 0.4) is 0 Å². The number of amides is 3. The molecule has 23 heavy (non-hydrogen) atoms. The van der Waals surface area contributed by atoms with E-state index in [2.05, 4.69) is 10.6 Å². The van der Waals surface area contributed by atoms with E-state index in [0.717, 1.165) is 17.5 Å². The van der Waals surface area contributed by atoms with Crippen molar-refractivity contribution in [3.05, 3.63) is 57.8 Å². The molecule has 0 fully saturated rings. The van der Waals surface area contributed by atoms with Gasteiger partial charge in [0.05, 0.1) is 12.5 Å². The largest absolute Gasteiger partial charge is 0.356 e. The normalized spacial score (nSPS) is 11.7. The molecule has 0 aliphatic rings. The van der Waals surface area contributed by atoms with E-state index in [1.165, 1.54) is 4.88 Å². The molecule has 0 bridgehead atoms. The number of aryl methyl sites for hydroxylation is 1. The smallest absolute Gasteiger partial charge is 0.312 e. The zero-order valence-corrected chi connectivity index (χ0v) is 13.9. The molecule has 0 radical (unpaired) electrons. The van der Waals surface area contributed by atoms with Gasteiger partial charge < -0.3 is 16.4 Å². The van der Waals surface area contributed by atoms with Crippen LogP contribution in [-0.2, 0) is 11.2 Å². The predicted molar refractivity (Wildman–Crippen MR) is 92.3 cm³/mol. The zero-order valence-electron chi connectivity index (χ0n) is 13.0. The van der Waals surface area contributed by atoms with Crippen LogP contribution < -0.4 is 16.4 Å². The van der Waals surface area contributed by atoms with Crippen LogP contribution in [0.2, 0.25) is 0 Å². The maximum Gasteiger partial charge on any atom is 0.312 e. The van der Waals surface area contributed by atoms with Gasteiger partial charge >= 0.3 is 6.03 Å². The Balaban J connectivity index is 1.93. The fraction of sp³-hybridized carbons (Fsp3) is 0.294. The fourth-order valence-electron chi connectivity index (χ4n) is 2.43. The number of hydrogen-bond donors (Lipinski definition) is 3. The van der Waals surface area contributed by atoms with Crippen molar-refractivity contribution in [1.82, 2.24) is 10.6 Å². The minimum Gasteiger partial charge on any atom is -0.356 e. The molecule has 2 aromatic rings. The Bertz CT molecular complexity index is 656. The number of nitrogens with one attached hydrogen (secondary N) is 2. The molecule has 1 unspecified atom stereocenters. The molecule has 4 N–H and O–H groups in total. The van der Waals surface area contributed by atoms with Crippen molar-refractivity contribution in [2.75, 3.05) is 6.54 Å². The molecule has 3 amide bonds. The third kappa shape index (κ3) is 5.41. The van der Waals surface area contributed by atoms with Crippen LogP contribution in [0, 0.1) is 6.92 Å². The van der Waals surface area contributed by atoms with Gasteiger partial charge in [0, 0.05) is 11.4 Å². The first-order valence-electron chi connectivity index (χ1n) is 7.47. The molecule has 6 heteroatoms. The van der Waals surface area contributed by atoms with Crippen LogP contribution in [-0.4, -0.2) is 18.5 Å². The Labute approximate surface area is 139 Å². The molecule has 0 saturated carbocycles. The van der Waals surface area contributed by atoms with Gasteiger partial charge in [-0.05, 0) is 35.9 Å². The number of carbonyl (C=O) groups excluding carboxylic acids is 2. The first-order chi connectivity index (χ1) is 11.1. The number of thiophene rings is 1. The van der Waals surface area contributed by atoms with E-state index in [0.29, 0.717) is 6.54 Å². The Morgan fingerprint density at radius 1 is 1.22 bits per heavy atom. The molecule has 0 aliphatic heterocycles. The molecule has 0 spiro atoms. The van der Waals surface area contributed by atoms with E-state index in [-0.39, 0.29) is 12.3 Å². The van der Waals surface area contributed by atoms with Crippen molar-refractivity contribution in [2.24, 2.45) is 5.73 Å². The molecule has 0 aliphatic carbocycles. The van der Waals surface area contributed by atoms with Crippen molar-refractivity contribution in [2.45, 2.75) is 25.8 Å². The second-order valence-electron chi connectivity index (χ2n) is 5.30. The van der Waals surface area contributed by atoms with Crippen LogP contribution in [0.1, 0.15) is 28.5 Å². The SMILES string of the molecule is Cc1ccccc1C(CC(=O)NCCc1cccs1)NC(N)=O. The molecular weight excluding hydrogens is 310 g/mol. The highest BCUT2D eigenvalue weighted by Gasteiger charge is 2.18. The summed E-state index contributed by atoms with van der Waals surface area (Å²) in [6.07, 6.45) is 0.972. The Morgan fingerprint density at radius 3 is 2.65 bits per heavy atom. The third-order valence-corrected chi connectivity index (χ3v) is 4.48. The molecule has 1 heterocycles. The van der Waals surface area contributed by atoms with E-state index in [4.69, 9.17) is 5.73 Å². The van der Waals surface area contributed by atoms with Crippen molar-refractivity contribution < 1.29 is 9.59 Å². The summed E-state index contributed by atoms with van der Waals surface area (Å²) < 4.78 is 0. The van der Waals surface area contributed by atoms with Gasteiger partial charge in [0.25, 0.3) is 0 Å². The summed E-state index contributed by atoms with van der Waals surface area (Å²) in [7, 11) is 0. The van der Waals surface area contributed by atoms with Gasteiger partial charge in [-0.3, -0.25) is 4.79 Å². The van der Waals surface area contributed by atoms with Crippen molar-refractivity contribution in [3.8, 4) is 0 Å². The predicted octanol–water partition coefficient (Wildman–Crippen LogP) is 2.51. The lowest BCUT2D eigenvalue weighted by Crippen LogP contribution is -2.37. The van der Waals surface area contributed by atoms with E-state index in [1.54, 1.807) is 11.3 Å². The molecule has 5 nitrogen and oxygen atoms in total. The number of hydrogen-bond acceptors (Lipinski definition) is 3. The van der Waals surface area contributed by atoms with Crippen LogP contribution in [0.25, 0.3) is 0 Å². The first-order valence-corrected chi connectivity index (χ1v) is 8.35. The van der Waals surface area contributed by atoms with Crippen LogP contribution in [0.15, 0.2) is 41.8 Å². The quantitative estimate of drug-likeness (QED) is 0.728. The summed E-state index contributed by atoms with van der Waals surface area (Å²) in [5, 5.41) is 7.56. The minimum absolute atomic E-state index is 0.108. The number of primary amides is 1. The zero-order chi connectivity index (χ0) is 16.7. The molecule has 122 valence electrons.